The second-order valence-corrected chi connectivity index (χ2v) is 5.85. The maximum atomic E-state index is 3.52. The Morgan fingerprint density at radius 2 is 1.71 bits per heavy atom. The van der Waals surface area contributed by atoms with E-state index in [2.05, 4.69) is 38.0 Å². The Balaban J connectivity index is 2.35. The van der Waals surface area contributed by atoms with E-state index in [0.717, 1.165) is 12.6 Å². The molecule has 2 atom stereocenters. The van der Waals surface area contributed by atoms with Gasteiger partial charge in [-0.1, -0.05) is 32.6 Å². The van der Waals surface area contributed by atoms with Crippen LogP contribution in [0.2, 0.25) is 0 Å². The summed E-state index contributed by atoms with van der Waals surface area (Å²) in [7, 11) is 2.33. The van der Waals surface area contributed by atoms with Crippen molar-refractivity contribution in [1.29, 1.82) is 0 Å². The van der Waals surface area contributed by atoms with E-state index >= 15 is 0 Å². The molecule has 2 nitrogen and oxygen atoms in total. The van der Waals surface area contributed by atoms with Gasteiger partial charge in [0.2, 0.25) is 0 Å². The average molecular weight is 240 g/mol. The lowest BCUT2D eigenvalue weighted by atomic mass is 10.0. The monoisotopic (exact) mass is 240 g/mol. The molecule has 1 rings (SSSR count). The summed E-state index contributed by atoms with van der Waals surface area (Å²) in [6.07, 6.45) is 9.86. The molecule has 0 aromatic carbocycles. The van der Waals surface area contributed by atoms with Gasteiger partial charge in [-0.2, -0.15) is 0 Å². The zero-order valence-corrected chi connectivity index (χ0v) is 12.3. The molecule has 0 saturated heterocycles. The van der Waals surface area contributed by atoms with Crippen LogP contribution in [0.4, 0.5) is 0 Å². The summed E-state index contributed by atoms with van der Waals surface area (Å²) in [6, 6.07) is 2.18. The smallest absolute Gasteiger partial charge is 0.00950 e. The first-order valence-corrected chi connectivity index (χ1v) is 7.60. The third-order valence-electron chi connectivity index (χ3n) is 4.34. The van der Waals surface area contributed by atoms with Gasteiger partial charge in [0.15, 0.2) is 0 Å². The van der Waals surface area contributed by atoms with E-state index in [0.29, 0.717) is 12.1 Å². The van der Waals surface area contributed by atoms with Crippen LogP contribution in [-0.4, -0.2) is 36.6 Å². The molecule has 1 fully saturated rings. The van der Waals surface area contributed by atoms with Crippen molar-refractivity contribution < 1.29 is 0 Å². The lowest BCUT2D eigenvalue weighted by Crippen LogP contribution is -2.42. The van der Waals surface area contributed by atoms with Crippen molar-refractivity contribution in [3.63, 3.8) is 0 Å². The lowest BCUT2D eigenvalue weighted by Gasteiger charge is -2.34. The molecule has 0 aromatic heterocycles. The minimum absolute atomic E-state index is 0.642. The summed E-state index contributed by atoms with van der Waals surface area (Å²) < 4.78 is 0. The van der Waals surface area contributed by atoms with Crippen LogP contribution in [0.3, 0.4) is 0 Å². The predicted molar refractivity (Wildman–Crippen MR) is 76.5 cm³/mol. The molecule has 0 heterocycles. The van der Waals surface area contributed by atoms with Gasteiger partial charge in [-0.05, 0) is 46.7 Å². The van der Waals surface area contributed by atoms with E-state index in [1.807, 2.05) is 0 Å². The highest BCUT2D eigenvalue weighted by Crippen LogP contribution is 2.23. The predicted octanol–water partition coefficient (Wildman–Crippen LogP) is 3.42. The molecule has 0 aliphatic heterocycles. The summed E-state index contributed by atoms with van der Waals surface area (Å²) in [5, 5.41) is 3.52. The normalized spacial score (nSPS) is 22.4. The second kappa shape index (κ2) is 8.10. The van der Waals surface area contributed by atoms with Gasteiger partial charge in [-0.3, -0.25) is 0 Å². The molecule has 17 heavy (non-hydrogen) atoms. The van der Waals surface area contributed by atoms with Crippen molar-refractivity contribution in [2.45, 2.75) is 83.8 Å². The molecule has 102 valence electrons. The first kappa shape index (κ1) is 15.0. The molecule has 2 unspecified atom stereocenters. The van der Waals surface area contributed by atoms with E-state index in [1.54, 1.807) is 0 Å². The zero-order valence-electron chi connectivity index (χ0n) is 12.3. The number of nitrogens with one attached hydrogen (secondary N) is 1. The second-order valence-electron chi connectivity index (χ2n) is 5.85. The quantitative estimate of drug-likeness (QED) is 0.716. The Morgan fingerprint density at radius 3 is 2.24 bits per heavy atom. The van der Waals surface area contributed by atoms with E-state index < -0.39 is 0 Å². The van der Waals surface area contributed by atoms with E-state index in [-0.39, 0.29) is 0 Å². The van der Waals surface area contributed by atoms with Crippen LogP contribution < -0.4 is 5.32 Å². The molecule has 0 amide bonds. The Labute approximate surface area is 108 Å². The summed E-state index contributed by atoms with van der Waals surface area (Å²) >= 11 is 0. The van der Waals surface area contributed by atoms with Crippen LogP contribution >= 0.6 is 0 Å². The fraction of sp³-hybridized carbons (Fsp3) is 1.00. The topological polar surface area (TPSA) is 15.3 Å². The highest BCUT2D eigenvalue weighted by atomic mass is 15.2. The van der Waals surface area contributed by atoms with Crippen LogP contribution in [0, 0.1) is 0 Å². The molecule has 1 saturated carbocycles. The molecule has 2 heteroatoms. The Morgan fingerprint density at radius 1 is 1.12 bits per heavy atom. The maximum Gasteiger partial charge on any atom is 0.00950 e. The summed E-state index contributed by atoms with van der Waals surface area (Å²) in [5.41, 5.74) is 0. The standard InChI is InChI=1S/C15H32N2/c1-5-16-13(2)12-14(3)17(4)15-10-8-6-7-9-11-15/h13-16H,5-12H2,1-4H3. The van der Waals surface area contributed by atoms with Gasteiger partial charge in [0.25, 0.3) is 0 Å². The number of nitrogens with zero attached hydrogens (tertiary/aromatic N) is 1. The highest BCUT2D eigenvalue weighted by Gasteiger charge is 2.21. The average Bonchev–Trinajstić information content (AvgIpc) is 2.56. The summed E-state index contributed by atoms with van der Waals surface area (Å²) in [6.45, 7) is 7.97. The first-order chi connectivity index (χ1) is 8.15. The number of hydrogen-bond acceptors (Lipinski definition) is 2. The Hall–Kier alpha value is -0.0800. The van der Waals surface area contributed by atoms with Crippen LogP contribution in [0.25, 0.3) is 0 Å². The van der Waals surface area contributed by atoms with Crippen molar-refractivity contribution in [3.8, 4) is 0 Å². The SMILES string of the molecule is CCNC(C)CC(C)N(C)C1CCCCCC1. The molecule has 1 N–H and O–H groups in total. The van der Waals surface area contributed by atoms with Crippen molar-refractivity contribution in [1.82, 2.24) is 10.2 Å². The third kappa shape index (κ3) is 5.39. The van der Waals surface area contributed by atoms with Gasteiger partial charge in [-0.15, -0.1) is 0 Å². The lowest BCUT2D eigenvalue weighted by molar-refractivity contribution is 0.153. The van der Waals surface area contributed by atoms with Crippen molar-refractivity contribution in [3.05, 3.63) is 0 Å². The molecule has 0 bridgehead atoms. The molecule has 1 aliphatic rings. The van der Waals surface area contributed by atoms with Crippen molar-refractivity contribution in [2.24, 2.45) is 0 Å². The van der Waals surface area contributed by atoms with Crippen molar-refractivity contribution >= 4 is 0 Å². The van der Waals surface area contributed by atoms with Gasteiger partial charge in [0.05, 0.1) is 0 Å². The van der Waals surface area contributed by atoms with E-state index in [4.69, 9.17) is 0 Å². The molecule has 0 aromatic rings. The minimum atomic E-state index is 0.642. The number of rotatable bonds is 6. The van der Waals surface area contributed by atoms with Crippen LogP contribution in [-0.2, 0) is 0 Å². The first-order valence-electron chi connectivity index (χ1n) is 7.60. The maximum absolute atomic E-state index is 3.52. The highest BCUT2D eigenvalue weighted by molar-refractivity contribution is 4.78. The summed E-state index contributed by atoms with van der Waals surface area (Å²) in [4.78, 5) is 2.64. The molecule has 1 aliphatic carbocycles. The molecular weight excluding hydrogens is 208 g/mol. The fourth-order valence-corrected chi connectivity index (χ4v) is 3.13. The minimum Gasteiger partial charge on any atom is -0.314 e. The Bertz CT molecular complexity index is 185. The van der Waals surface area contributed by atoms with Crippen LogP contribution in [0.1, 0.15) is 65.7 Å². The van der Waals surface area contributed by atoms with Gasteiger partial charge < -0.3 is 10.2 Å². The van der Waals surface area contributed by atoms with Crippen molar-refractivity contribution in [2.75, 3.05) is 13.6 Å². The fourth-order valence-electron chi connectivity index (χ4n) is 3.13. The van der Waals surface area contributed by atoms with Crippen LogP contribution in [0.15, 0.2) is 0 Å². The van der Waals surface area contributed by atoms with Gasteiger partial charge in [-0.25, -0.2) is 0 Å². The van der Waals surface area contributed by atoms with Gasteiger partial charge >= 0.3 is 0 Å². The van der Waals surface area contributed by atoms with Gasteiger partial charge in [0.1, 0.15) is 0 Å². The molecule has 0 spiro atoms. The molecular formula is C15H32N2. The summed E-state index contributed by atoms with van der Waals surface area (Å²) in [5.74, 6) is 0. The Kier molecular flexibility index (Phi) is 7.14. The third-order valence-corrected chi connectivity index (χ3v) is 4.34. The largest absolute Gasteiger partial charge is 0.314 e. The van der Waals surface area contributed by atoms with Gasteiger partial charge in [0, 0.05) is 18.1 Å². The van der Waals surface area contributed by atoms with E-state index in [9.17, 15) is 0 Å². The van der Waals surface area contributed by atoms with E-state index in [1.165, 1.54) is 44.9 Å². The zero-order chi connectivity index (χ0) is 12.7. The number of hydrogen-bond donors (Lipinski definition) is 1. The molecule has 0 radical (unpaired) electrons. The van der Waals surface area contributed by atoms with Crippen LogP contribution in [0.5, 0.6) is 0 Å².